The summed E-state index contributed by atoms with van der Waals surface area (Å²) >= 11 is 11.2. The molecule has 0 spiro atoms. The molecule has 0 bridgehead atoms. The van der Waals surface area contributed by atoms with Gasteiger partial charge in [-0.25, -0.2) is 0 Å². The van der Waals surface area contributed by atoms with Crippen LogP contribution in [0, 0.1) is 0 Å². The van der Waals surface area contributed by atoms with Gasteiger partial charge in [-0.1, -0.05) is 17.7 Å². The summed E-state index contributed by atoms with van der Waals surface area (Å²) in [4.78, 5) is 28.8. The van der Waals surface area contributed by atoms with E-state index in [-0.39, 0.29) is 10.7 Å². The van der Waals surface area contributed by atoms with Crippen LogP contribution >= 0.6 is 23.8 Å². The molecule has 0 radical (unpaired) electrons. The normalized spacial score (nSPS) is 19.3. The molecular weight excluding hydrogens is 398 g/mol. The van der Waals surface area contributed by atoms with Crippen molar-refractivity contribution in [1.29, 1.82) is 0 Å². The number of hydrogen-bond acceptors (Lipinski definition) is 5. The minimum Gasteiger partial charge on any atom is -0.441 e. The summed E-state index contributed by atoms with van der Waals surface area (Å²) in [5, 5.41) is 3.03. The van der Waals surface area contributed by atoms with Gasteiger partial charge >= 0.3 is 0 Å². The fraction of sp³-hybridized carbons (Fsp3) is 0.250. The average Bonchev–Trinajstić information content (AvgIpc) is 3.14. The molecule has 8 heteroatoms. The number of rotatable bonds is 3. The molecule has 2 fully saturated rings. The Bertz CT molecular complexity index is 979. The maximum Gasteiger partial charge on any atom is 0.270 e. The summed E-state index contributed by atoms with van der Waals surface area (Å²) in [6.07, 6.45) is 4.93. The van der Waals surface area contributed by atoms with E-state index in [0.29, 0.717) is 16.5 Å². The van der Waals surface area contributed by atoms with Gasteiger partial charge in [0.25, 0.3) is 11.8 Å². The molecule has 1 aromatic carbocycles. The lowest BCUT2D eigenvalue weighted by Gasteiger charge is -2.28. The molecule has 0 atom stereocenters. The predicted molar refractivity (Wildman–Crippen MR) is 112 cm³/mol. The van der Waals surface area contributed by atoms with Crippen molar-refractivity contribution in [1.82, 2.24) is 5.32 Å². The van der Waals surface area contributed by atoms with E-state index >= 15 is 0 Å². The molecule has 2 saturated heterocycles. The summed E-state index contributed by atoms with van der Waals surface area (Å²) in [5.74, 6) is 0.117. The Morgan fingerprint density at radius 2 is 1.89 bits per heavy atom. The number of halogens is 1. The highest BCUT2D eigenvalue weighted by Crippen LogP contribution is 2.27. The van der Waals surface area contributed by atoms with Crippen LogP contribution < -0.4 is 15.1 Å². The summed E-state index contributed by atoms with van der Waals surface area (Å²) in [6, 6.07) is 10.3. The number of nitrogens with one attached hydrogen (secondary N) is 1. The number of anilines is 2. The second-order valence-corrected chi connectivity index (χ2v) is 7.48. The number of thiocarbonyl (C=S) groups is 1. The zero-order valence-electron chi connectivity index (χ0n) is 15.0. The van der Waals surface area contributed by atoms with Crippen molar-refractivity contribution in [2.24, 2.45) is 0 Å². The van der Waals surface area contributed by atoms with Gasteiger partial charge in [0.1, 0.15) is 11.3 Å². The van der Waals surface area contributed by atoms with E-state index in [1.807, 2.05) is 6.07 Å². The van der Waals surface area contributed by atoms with Gasteiger partial charge in [-0.2, -0.15) is 0 Å². The van der Waals surface area contributed by atoms with Gasteiger partial charge in [0.05, 0.1) is 5.69 Å². The molecule has 0 unspecified atom stereocenters. The predicted octanol–water partition coefficient (Wildman–Crippen LogP) is 3.75. The van der Waals surface area contributed by atoms with Crippen molar-refractivity contribution in [3.05, 3.63) is 52.8 Å². The third-order valence-corrected chi connectivity index (χ3v) is 5.25. The SMILES string of the molecule is O=C1NC(=S)N(c2cccc(Cl)c2)C(=O)/C1=C/c1ccc(N2CCCCC2)o1. The van der Waals surface area contributed by atoms with E-state index in [9.17, 15) is 9.59 Å². The molecule has 0 aliphatic carbocycles. The highest BCUT2D eigenvalue weighted by atomic mass is 35.5. The molecule has 4 rings (SSSR count). The quantitative estimate of drug-likeness (QED) is 0.469. The summed E-state index contributed by atoms with van der Waals surface area (Å²) < 4.78 is 5.85. The lowest BCUT2D eigenvalue weighted by atomic mass is 10.1. The number of piperidine rings is 1. The topological polar surface area (TPSA) is 65.8 Å². The second-order valence-electron chi connectivity index (χ2n) is 6.66. The minimum atomic E-state index is -0.552. The third kappa shape index (κ3) is 3.68. The second kappa shape index (κ2) is 7.77. The molecule has 2 aliphatic heterocycles. The first-order valence-corrected chi connectivity index (χ1v) is 9.83. The molecule has 28 heavy (non-hydrogen) atoms. The lowest BCUT2D eigenvalue weighted by Crippen LogP contribution is -2.54. The van der Waals surface area contributed by atoms with Crippen molar-refractivity contribution >= 4 is 58.4 Å². The van der Waals surface area contributed by atoms with Crippen LogP contribution in [0.2, 0.25) is 5.02 Å². The van der Waals surface area contributed by atoms with Crippen LogP contribution in [0.25, 0.3) is 6.08 Å². The Balaban J connectivity index is 1.63. The van der Waals surface area contributed by atoms with Gasteiger partial charge < -0.3 is 9.32 Å². The van der Waals surface area contributed by atoms with Crippen LogP contribution in [0.3, 0.4) is 0 Å². The summed E-state index contributed by atoms with van der Waals surface area (Å²) in [5.41, 5.74) is 0.440. The number of nitrogens with zero attached hydrogens (tertiary/aromatic N) is 2. The van der Waals surface area contributed by atoms with E-state index < -0.39 is 11.8 Å². The first-order valence-electron chi connectivity index (χ1n) is 9.05. The summed E-state index contributed by atoms with van der Waals surface area (Å²) in [6.45, 7) is 1.89. The highest BCUT2D eigenvalue weighted by Gasteiger charge is 2.34. The Morgan fingerprint density at radius 3 is 2.64 bits per heavy atom. The van der Waals surface area contributed by atoms with E-state index in [1.165, 1.54) is 17.4 Å². The van der Waals surface area contributed by atoms with Crippen LogP contribution in [0.4, 0.5) is 11.6 Å². The molecule has 6 nitrogen and oxygen atoms in total. The van der Waals surface area contributed by atoms with Crippen LogP contribution in [0.15, 0.2) is 46.4 Å². The number of benzene rings is 1. The number of hydrogen-bond donors (Lipinski definition) is 1. The molecule has 1 N–H and O–H groups in total. The first kappa shape index (κ1) is 18.7. The van der Waals surface area contributed by atoms with Crippen LogP contribution in [0.5, 0.6) is 0 Å². The van der Waals surface area contributed by atoms with Crippen LogP contribution in [-0.4, -0.2) is 30.0 Å². The molecule has 2 aromatic rings. The van der Waals surface area contributed by atoms with Gasteiger partial charge in [-0.3, -0.25) is 19.8 Å². The largest absolute Gasteiger partial charge is 0.441 e. The maximum absolute atomic E-state index is 13.0. The van der Waals surface area contributed by atoms with Crippen molar-refractivity contribution in [3.8, 4) is 0 Å². The van der Waals surface area contributed by atoms with Gasteiger partial charge in [0, 0.05) is 24.2 Å². The maximum atomic E-state index is 13.0. The summed E-state index contributed by atoms with van der Waals surface area (Å²) in [7, 11) is 0. The van der Waals surface area contributed by atoms with Crippen molar-refractivity contribution in [2.75, 3.05) is 22.9 Å². The van der Waals surface area contributed by atoms with E-state index in [4.69, 9.17) is 28.2 Å². The van der Waals surface area contributed by atoms with Crippen molar-refractivity contribution < 1.29 is 14.0 Å². The molecule has 1 aromatic heterocycles. The highest BCUT2D eigenvalue weighted by molar-refractivity contribution is 7.80. The number of amides is 2. The van der Waals surface area contributed by atoms with Gasteiger partial charge in [0.15, 0.2) is 11.0 Å². The third-order valence-electron chi connectivity index (χ3n) is 4.74. The monoisotopic (exact) mass is 415 g/mol. The first-order chi connectivity index (χ1) is 13.5. The Kier molecular flexibility index (Phi) is 5.19. The Hall–Kier alpha value is -2.64. The Morgan fingerprint density at radius 1 is 1.11 bits per heavy atom. The molecule has 3 heterocycles. The fourth-order valence-corrected chi connectivity index (χ4v) is 3.82. The molecule has 2 aliphatic rings. The smallest absolute Gasteiger partial charge is 0.270 e. The molecule has 2 amide bonds. The van der Waals surface area contributed by atoms with E-state index in [2.05, 4.69) is 10.2 Å². The van der Waals surface area contributed by atoms with Crippen molar-refractivity contribution in [2.45, 2.75) is 19.3 Å². The number of carbonyl (C=O) groups excluding carboxylic acids is 2. The number of carbonyl (C=O) groups is 2. The fourth-order valence-electron chi connectivity index (χ4n) is 3.35. The standard InChI is InChI=1S/C20H18ClN3O3S/c21-13-5-4-6-14(11-13)24-19(26)16(18(25)22-20(24)28)12-15-7-8-17(27-15)23-9-2-1-3-10-23/h4-8,11-12H,1-3,9-10H2,(H,22,25,28)/b16-12+. The molecule has 0 saturated carbocycles. The molecular formula is C20H18ClN3O3S. The van der Waals surface area contributed by atoms with Gasteiger partial charge in [-0.15, -0.1) is 0 Å². The molecule has 144 valence electrons. The zero-order chi connectivity index (χ0) is 19.7. The lowest BCUT2D eigenvalue weighted by molar-refractivity contribution is -0.122. The van der Waals surface area contributed by atoms with Crippen LogP contribution in [0.1, 0.15) is 25.0 Å². The Labute approximate surface area is 172 Å². The van der Waals surface area contributed by atoms with Crippen LogP contribution in [-0.2, 0) is 9.59 Å². The van der Waals surface area contributed by atoms with Crippen molar-refractivity contribution in [3.63, 3.8) is 0 Å². The van der Waals surface area contributed by atoms with E-state index in [0.717, 1.165) is 31.8 Å². The number of furan rings is 1. The minimum absolute atomic E-state index is 0.0165. The van der Waals surface area contributed by atoms with E-state index in [1.54, 1.807) is 30.3 Å². The zero-order valence-corrected chi connectivity index (χ0v) is 16.6. The van der Waals surface area contributed by atoms with Gasteiger partial charge in [0.2, 0.25) is 0 Å². The average molecular weight is 416 g/mol. The van der Waals surface area contributed by atoms with Gasteiger partial charge in [-0.05, 0) is 61.8 Å².